The molecule has 2 rings (SSSR count). The molecule has 0 aliphatic heterocycles. The number of pyridine rings is 1. The maximum Gasteiger partial charge on any atom is 0.339 e. The van der Waals surface area contributed by atoms with Crippen molar-refractivity contribution < 1.29 is 14.6 Å². The highest BCUT2D eigenvalue weighted by molar-refractivity contribution is 9.10. The smallest absolute Gasteiger partial charge is 0.339 e. The van der Waals surface area contributed by atoms with Gasteiger partial charge in [-0.15, -0.1) is 0 Å². The summed E-state index contributed by atoms with van der Waals surface area (Å²) in [7, 11) is 0. The molecule has 2 aromatic rings. The van der Waals surface area contributed by atoms with Gasteiger partial charge in [0.1, 0.15) is 28.7 Å². The van der Waals surface area contributed by atoms with Gasteiger partial charge < -0.3 is 9.84 Å². The van der Waals surface area contributed by atoms with Crippen LogP contribution in [0.2, 0.25) is 0 Å². The Morgan fingerprint density at radius 1 is 1.33 bits per heavy atom. The fourth-order valence-corrected chi connectivity index (χ4v) is 2.23. The van der Waals surface area contributed by atoms with Crippen molar-refractivity contribution in [1.82, 2.24) is 4.98 Å². The Balaban J connectivity index is 2.55. The zero-order chi connectivity index (χ0) is 15.6. The molecule has 0 saturated heterocycles. The van der Waals surface area contributed by atoms with E-state index in [2.05, 4.69) is 20.9 Å². The van der Waals surface area contributed by atoms with Crippen LogP contribution in [0.4, 0.5) is 0 Å². The first kappa shape index (κ1) is 15.0. The lowest BCUT2D eigenvalue weighted by atomic mass is 10.1. The molecule has 0 aliphatic carbocycles. The number of benzene rings is 1. The van der Waals surface area contributed by atoms with Crippen molar-refractivity contribution in [3.63, 3.8) is 0 Å². The van der Waals surface area contributed by atoms with Crippen molar-refractivity contribution in [3.8, 4) is 17.6 Å². The second-order valence-electron chi connectivity index (χ2n) is 4.38. The second kappa shape index (κ2) is 5.94. The number of hydrogen-bond donors (Lipinski definition) is 1. The molecule has 5 nitrogen and oxygen atoms in total. The van der Waals surface area contributed by atoms with Gasteiger partial charge in [-0.1, -0.05) is 15.9 Å². The molecule has 1 heterocycles. The van der Waals surface area contributed by atoms with E-state index in [1.165, 1.54) is 6.07 Å². The fourth-order valence-electron chi connectivity index (χ4n) is 1.89. The summed E-state index contributed by atoms with van der Waals surface area (Å²) in [6.45, 7) is 3.48. The molecule has 0 bridgehead atoms. The molecule has 106 valence electrons. The van der Waals surface area contributed by atoms with Crippen molar-refractivity contribution in [1.29, 1.82) is 5.26 Å². The van der Waals surface area contributed by atoms with Crippen LogP contribution in [0.5, 0.6) is 11.5 Å². The Kier molecular flexibility index (Phi) is 4.24. The van der Waals surface area contributed by atoms with E-state index >= 15 is 0 Å². The number of hydrogen-bond acceptors (Lipinski definition) is 4. The number of aromatic carboxylic acids is 1. The summed E-state index contributed by atoms with van der Waals surface area (Å²) in [5.74, 6) is -0.639. The Hall–Kier alpha value is -2.39. The van der Waals surface area contributed by atoms with Crippen molar-refractivity contribution in [2.75, 3.05) is 0 Å². The number of carboxylic acid groups (broad SMARTS) is 1. The minimum Gasteiger partial charge on any atom is -0.478 e. The van der Waals surface area contributed by atoms with Gasteiger partial charge in [-0.25, -0.2) is 4.79 Å². The van der Waals surface area contributed by atoms with Crippen molar-refractivity contribution in [2.24, 2.45) is 0 Å². The standard InChI is InChI=1S/C15H11BrN2O3/c1-8-5-13(12(7-17)9(2)18-8)21-14-6-10(16)3-4-11(14)15(19)20/h3-6H,1-2H3,(H,19,20). The van der Waals surface area contributed by atoms with Crippen LogP contribution >= 0.6 is 15.9 Å². The number of rotatable bonds is 3. The summed E-state index contributed by atoms with van der Waals surface area (Å²) in [5, 5.41) is 18.4. The average Bonchev–Trinajstić information content (AvgIpc) is 2.37. The van der Waals surface area contributed by atoms with Gasteiger partial charge in [-0.2, -0.15) is 5.26 Å². The maximum atomic E-state index is 11.2. The molecule has 0 unspecified atom stereocenters. The monoisotopic (exact) mass is 346 g/mol. The molecule has 1 aromatic heterocycles. The molecule has 1 N–H and O–H groups in total. The minimum absolute atomic E-state index is 0.0224. The number of nitriles is 1. The zero-order valence-corrected chi connectivity index (χ0v) is 12.9. The van der Waals surface area contributed by atoms with Crippen LogP contribution in [0.3, 0.4) is 0 Å². The molecule has 0 spiro atoms. The Labute approximate surface area is 129 Å². The summed E-state index contributed by atoms with van der Waals surface area (Å²) >= 11 is 3.27. The first-order valence-electron chi connectivity index (χ1n) is 6.01. The number of halogens is 1. The summed E-state index contributed by atoms with van der Waals surface area (Å²) in [6, 6.07) is 8.24. The van der Waals surface area contributed by atoms with Crippen molar-refractivity contribution in [3.05, 3.63) is 51.3 Å². The van der Waals surface area contributed by atoms with E-state index in [0.717, 1.165) is 0 Å². The van der Waals surface area contributed by atoms with Gasteiger partial charge in [0.15, 0.2) is 0 Å². The van der Waals surface area contributed by atoms with E-state index in [0.29, 0.717) is 21.6 Å². The topological polar surface area (TPSA) is 83.2 Å². The zero-order valence-electron chi connectivity index (χ0n) is 11.3. The second-order valence-corrected chi connectivity index (χ2v) is 5.30. The van der Waals surface area contributed by atoms with Crippen molar-refractivity contribution in [2.45, 2.75) is 13.8 Å². The predicted octanol–water partition coefficient (Wildman–Crippen LogP) is 3.82. The lowest BCUT2D eigenvalue weighted by molar-refractivity contribution is 0.0694. The number of ether oxygens (including phenoxy) is 1. The largest absolute Gasteiger partial charge is 0.478 e. The Morgan fingerprint density at radius 2 is 2.05 bits per heavy atom. The van der Waals surface area contributed by atoms with Crippen LogP contribution in [0.25, 0.3) is 0 Å². The quantitative estimate of drug-likeness (QED) is 0.912. The highest BCUT2D eigenvalue weighted by Gasteiger charge is 2.16. The maximum absolute atomic E-state index is 11.2. The SMILES string of the molecule is Cc1cc(Oc2cc(Br)ccc2C(=O)O)c(C#N)c(C)n1. The van der Waals surface area contributed by atoms with E-state index in [-0.39, 0.29) is 16.9 Å². The molecule has 21 heavy (non-hydrogen) atoms. The predicted molar refractivity (Wildman–Crippen MR) is 79.6 cm³/mol. The first-order chi connectivity index (χ1) is 9.92. The van der Waals surface area contributed by atoms with Gasteiger partial charge in [0.25, 0.3) is 0 Å². The van der Waals surface area contributed by atoms with Crippen LogP contribution < -0.4 is 4.74 Å². The molecule has 6 heteroatoms. The highest BCUT2D eigenvalue weighted by atomic mass is 79.9. The van der Waals surface area contributed by atoms with E-state index in [4.69, 9.17) is 4.74 Å². The van der Waals surface area contributed by atoms with Crippen molar-refractivity contribution >= 4 is 21.9 Å². The molecular formula is C15H11BrN2O3. The molecule has 0 radical (unpaired) electrons. The van der Waals surface area contributed by atoms with Gasteiger partial charge in [-0.3, -0.25) is 4.98 Å². The number of aromatic nitrogens is 1. The normalized spacial score (nSPS) is 10.0. The summed E-state index contributed by atoms with van der Waals surface area (Å²) < 4.78 is 6.35. The third-order valence-corrected chi connectivity index (χ3v) is 3.29. The fraction of sp³-hybridized carbons (Fsp3) is 0.133. The third-order valence-electron chi connectivity index (χ3n) is 2.80. The van der Waals surface area contributed by atoms with E-state index in [9.17, 15) is 15.2 Å². The van der Waals surface area contributed by atoms with Gasteiger partial charge in [0.2, 0.25) is 0 Å². The van der Waals surface area contributed by atoms with Crippen LogP contribution in [0.15, 0.2) is 28.7 Å². The highest BCUT2D eigenvalue weighted by Crippen LogP contribution is 2.31. The number of carboxylic acids is 1. The van der Waals surface area contributed by atoms with Crippen LogP contribution in [-0.4, -0.2) is 16.1 Å². The van der Waals surface area contributed by atoms with E-state index < -0.39 is 5.97 Å². The number of carbonyl (C=O) groups is 1. The summed E-state index contributed by atoms with van der Waals surface area (Å²) in [5.41, 5.74) is 1.54. The van der Waals surface area contributed by atoms with Gasteiger partial charge in [0.05, 0.1) is 5.69 Å². The third kappa shape index (κ3) is 3.20. The van der Waals surface area contributed by atoms with E-state index in [1.54, 1.807) is 32.0 Å². The Bertz CT molecular complexity index is 766. The summed E-state index contributed by atoms with van der Waals surface area (Å²) in [4.78, 5) is 15.4. The molecule has 0 saturated carbocycles. The molecule has 1 aromatic carbocycles. The van der Waals surface area contributed by atoms with E-state index in [1.807, 2.05) is 6.07 Å². The van der Waals surface area contributed by atoms with Crippen LogP contribution in [0.1, 0.15) is 27.3 Å². The molecular weight excluding hydrogens is 336 g/mol. The lowest BCUT2D eigenvalue weighted by Crippen LogP contribution is -2.02. The minimum atomic E-state index is -1.10. The molecule has 0 amide bonds. The number of aryl methyl sites for hydroxylation is 2. The van der Waals surface area contributed by atoms with Gasteiger partial charge in [0, 0.05) is 16.2 Å². The molecule has 0 atom stereocenters. The van der Waals surface area contributed by atoms with Gasteiger partial charge in [-0.05, 0) is 32.0 Å². The Morgan fingerprint density at radius 3 is 2.67 bits per heavy atom. The van der Waals surface area contributed by atoms with Crippen LogP contribution in [-0.2, 0) is 0 Å². The molecule has 0 aliphatic rings. The average molecular weight is 347 g/mol. The van der Waals surface area contributed by atoms with Crippen LogP contribution in [0, 0.1) is 25.2 Å². The lowest BCUT2D eigenvalue weighted by Gasteiger charge is -2.12. The number of nitrogens with zero attached hydrogens (tertiary/aromatic N) is 2. The summed E-state index contributed by atoms with van der Waals surface area (Å²) in [6.07, 6.45) is 0. The first-order valence-corrected chi connectivity index (χ1v) is 6.80. The molecule has 0 fully saturated rings. The van der Waals surface area contributed by atoms with Gasteiger partial charge >= 0.3 is 5.97 Å².